The zero-order chi connectivity index (χ0) is 30.3. The summed E-state index contributed by atoms with van der Waals surface area (Å²) in [6, 6.07) is 11.4. The Morgan fingerprint density at radius 2 is 1.78 bits per heavy atom. The van der Waals surface area contributed by atoms with Crippen molar-refractivity contribution < 1.29 is 22.7 Å². The van der Waals surface area contributed by atoms with Gasteiger partial charge in [0.1, 0.15) is 17.9 Å². The molecule has 1 N–H and O–H groups in total. The van der Waals surface area contributed by atoms with Gasteiger partial charge in [0.25, 0.3) is 5.91 Å². The molecule has 0 spiro atoms. The number of rotatable bonds is 7. The average Bonchev–Trinajstić information content (AvgIpc) is 3.08. The van der Waals surface area contributed by atoms with Crippen molar-refractivity contribution in [3.8, 4) is 11.8 Å². The molecule has 2 fully saturated rings. The molecule has 2 aliphatic heterocycles. The van der Waals surface area contributed by atoms with Crippen molar-refractivity contribution in [2.24, 2.45) is 0 Å². The lowest BCUT2D eigenvalue weighted by atomic mass is 10.0. The predicted molar refractivity (Wildman–Crippen MR) is 157 cm³/mol. The van der Waals surface area contributed by atoms with Gasteiger partial charge in [-0.05, 0) is 95.2 Å². The van der Waals surface area contributed by atoms with Crippen LogP contribution in [-0.4, -0.2) is 59.3 Å². The van der Waals surface area contributed by atoms with Crippen LogP contribution in [-0.2, 0) is 17.4 Å². The monoisotopic (exact) mass is 587 g/mol. The Bertz CT molecular complexity index is 1360. The Labute approximate surface area is 244 Å². The Hall–Kier alpha value is -3.20. The Morgan fingerprint density at radius 3 is 2.37 bits per heavy atom. The lowest BCUT2D eigenvalue weighted by molar-refractivity contribution is -0.137. The van der Waals surface area contributed by atoms with Crippen LogP contribution in [0.1, 0.15) is 58.2 Å². The fourth-order valence-electron chi connectivity index (χ4n) is 5.63. The summed E-state index contributed by atoms with van der Waals surface area (Å²) in [5.41, 5.74) is -1.27. The van der Waals surface area contributed by atoms with Gasteiger partial charge in [-0.25, -0.2) is 0 Å². The largest absolute Gasteiger partial charge is 0.492 e. The highest BCUT2D eigenvalue weighted by Gasteiger charge is 2.50. The number of nitriles is 1. The molecule has 220 valence electrons. The maximum Gasteiger partial charge on any atom is 0.417 e. The summed E-state index contributed by atoms with van der Waals surface area (Å²) in [5.74, 6) is 0.277. The summed E-state index contributed by atoms with van der Waals surface area (Å²) < 4.78 is 47.2. The molecule has 4 rings (SSSR count). The molecule has 0 bridgehead atoms. The zero-order valence-corrected chi connectivity index (χ0v) is 25.0. The van der Waals surface area contributed by atoms with Crippen LogP contribution >= 0.6 is 12.2 Å². The molecule has 2 saturated heterocycles. The molecular formula is C30H36F3N5O2S. The van der Waals surface area contributed by atoms with Gasteiger partial charge in [0.05, 0.1) is 22.9 Å². The van der Waals surface area contributed by atoms with E-state index in [0.717, 1.165) is 41.4 Å². The van der Waals surface area contributed by atoms with E-state index in [-0.39, 0.29) is 16.8 Å². The number of carbonyl (C=O) groups excluding carboxylic acids is 1. The van der Waals surface area contributed by atoms with Crippen LogP contribution in [0.5, 0.6) is 5.75 Å². The number of carbonyl (C=O) groups is 1. The van der Waals surface area contributed by atoms with Gasteiger partial charge in [-0.2, -0.15) is 18.4 Å². The number of benzene rings is 2. The minimum absolute atomic E-state index is 0.0388. The topological polar surface area (TPSA) is 71.8 Å². The van der Waals surface area contributed by atoms with Gasteiger partial charge in [-0.15, -0.1) is 0 Å². The average molecular weight is 588 g/mol. The third-order valence-electron chi connectivity index (χ3n) is 7.73. The van der Waals surface area contributed by atoms with Gasteiger partial charge >= 0.3 is 6.18 Å². The van der Waals surface area contributed by atoms with E-state index in [9.17, 15) is 18.0 Å². The minimum Gasteiger partial charge on any atom is -0.492 e. The van der Waals surface area contributed by atoms with Crippen LogP contribution in [0.3, 0.4) is 0 Å². The molecule has 7 nitrogen and oxygen atoms in total. The first-order valence-electron chi connectivity index (χ1n) is 13.7. The molecule has 0 aromatic heterocycles. The van der Waals surface area contributed by atoms with Gasteiger partial charge < -0.3 is 15.0 Å². The van der Waals surface area contributed by atoms with Crippen molar-refractivity contribution in [1.82, 2.24) is 10.2 Å². The number of ether oxygens (including phenoxy) is 1. The number of halogens is 3. The van der Waals surface area contributed by atoms with Crippen LogP contribution in [0.4, 0.5) is 24.5 Å². The second kappa shape index (κ2) is 11.6. The normalized spacial score (nSPS) is 22.1. The number of nitrogens with one attached hydrogen (secondary N) is 1. The first-order valence-corrected chi connectivity index (χ1v) is 14.2. The van der Waals surface area contributed by atoms with Gasteiger partial charge in [-0.1, -0.05) is 6.92 Å². The Balaban J connectivity index is 1.59. The van der Waals surface area contributed by atoms with Crippen LogP contribution < -0.4 is 19.9 Å². The van der Waals surface area contributed by atoms with E-state index in [0.29, 0.717) is 30.8 Å². The fourth-order valence-corrected chi connectivity index (χ4v) is 6.15. The molecular weight excluding hydrogens is 551 g/mol. The Kier molecular flexibility index (Phi) is 8.69. The van der Waals surface area contributed by atoms with Gasteiger partial charge in [-0.3, -0.25) is 14.6 Å². The van der Waals surface area contributed by atoms with E-state index in [1.54, 1.807) is 24.8 Å². The molecule has 2 aliphatic rings. The van der Waals surface area contributed by atoms with Crippen molar-refractivity contribution in [1.29, 1.82) is 5.26 Å². The number of aryl methyl sites for hydroxylation is 1. The summed E-state index contributed by atoms with van der Waals surface area (Å²) in [6.07, 6.45) is -4.09. The van der Waals surface area contributed by atoms with Gasteiger partial charge in [0.2, 0.25) is 0 Å². The highest BCUT2D eigenvalue weighted by Crippen LogP contribution is 2.40. The summed E-state index contributed by atoms with van der Waals surface area (Å²) in [6.45, 7) is 14.3. The number of hydrogen-bond acceptors (Lipinski definition) is 6. The first kappa shape index (κ1) is 30.8. The second-order valence-corrected chi connectivity index (χ2v) is 11.8. The maximum absolute atomic E-state index is 13.6. The number of anilines is 2. The van der Waals surface area contributed by atoms with Gasteiger partial charge in [0.15, 0.2) is 5.11 Å². The smallest absolute Gasteiger partial charge is 0.417 e. The van der Waals surface area contributed by atoms with Crippen molar-refractivity contribution >= 4 is 34.6 Å². The summed E-state index contributed by atoms with van der Waals surface area (Å²) in [4.78, 5) is 18.7. The number of thiocarbonyl (C=S) groups is 1. The SMILES string of the molecule is CCc1cc(N2C(=S)N(c3ccc(C#N)c(C(F)(F)F)c3)C(=O)C2(C)C)ccc1OCC(C)N1C[C@@H](C)N[C@@H](C)C1. The molecule has 2 aromatic rings. The first-order chi connectivity index (χ1) is 19.2. The van der Waals surface area contributed by atoms with E-state index >= 15 is 0 Å². The van der Waals surface area contributed by atoms with Crippen LogP contribution in [0.25, 0.3) is 0 Å². The molecule has 11 heteroatoms. The predicted octanol–water partition coefficient (Wildman–Crippen LogP) is 5.51. The molecule has 0 aliphatic carbocycles. The van der Waals surface area contributed by atoms with E-state index in [2.05, 4.69) is 31.0 Å². The van der Waals surface area contributed by atoms with Crippen LogP contribution in [0.15, 0.2) is 36.4 Å². The molecule has 0 saturated carbocycles. The highest BCUT2D eigenvalue weighted by atomic mass is 32.1. The Morgan fingerprint density at radius 1 is 1.15 bits per heavy atom. The van der Waals surface area contributed by atoms with Gasteiger partial charge in [0, 0.05) is 36.9 Å². The minimum atomic E-state index is -4.76. The number of hydrogen-bond donors (Lipinski definition) is 1. The van der Waals surface area contributed by atoms with Crippen molar-refractivity contribution in [2.75, 3.05) is 29.5 Å². The van der Waals surface area contributed by atoms with E-state index in [1.807, 2.05) is 25.1 Å². The zero-order valence-electron chi connectivity index (χ0n) is 24.2. The number of alkyl halides is 3. The third-order valence-corrected chi connectivity index (χ3v) is 8.09. The molecule has 2 aromatic carbocycles. The lowest BCUT2D eigenvalue weighted by Gasteiger charge is -2.39. The van der Waals surface area contributed by atoms with Crippen LogP contribution in [0.2, 0.25) is 0 Å². The van der Waals surface area contributed by atoms with E-state index in [1.165, 1.54) is 6.07 Å². The second-order valence-electron chi connectivity index (χ2n) is 11.4. The highest BCUT2D eigenvalue weighted by molar-refractivity contribution is 7.81. The van der Waals surface area contributed by atoms with Crippen molar-refractivity contribution in [3.05, 3.63) is 53.1 Å². The summed E-state index contributed by atoms with van der Waals surface area (Å²) >= 11 is 5.68. The molecule has 0 radical (unpaired) electrons. The fraction of sp³-hybridized carbons (Fsp3) is 0.500. The number of nitrogens with zero attached hydrogens (tertiary/aromatic N) is 4. The van der Waals surface area contributed by atoms with E-state index < -0.39 is 28.7 Å². The quantitative estimate of drug-likeness (QED) is 0.429. The van der Waals surface area contributed by atoms with Crippen molar-refractivity contribution in [3.63, 3.8) is 0 Å². The number of piperazine rings is 1. The molecule has 1 unspecified atom stereocenters. The molecule has 1 amide bonds. The van der Waals surface area contributed by atoms with E-state index in [4.69, 9.17) is 22.2 Å². The lowest BCUT2D eigenvalue weighted by Crippen LogP contribution is -2.57. The number of amides is 1. The maximum atomic E-state index is 13.6. The standard InChI is InChI=1S/C30H36F3N5O2S/c1-7-21-12-24(10-11-26(21)40-17-20(4)36-15-18(2)35-19(3)16-36)38-28(41)37(27(39)29(38,5)6)23-9-8-22(14-34)25(13-23)30(31,32)33/h8-13,18-20,35H,7,15-17H2,1-6H3/t18-,19+,20?. The van der Waals surface area contributed by atoms with Crippen molar-refractivity contribution in [2.45, 2.75) is 77.8 Å². The molecule has 41 heavy (non-hydrogen) atoms. The van der Waals surface area contributed by atoms with Crippen LogP contribution in [0, 0.1) is 11.3 Å². The summed E-state index contributed by atoms with van der Waals surface area (Å²) in [5, 5.41) is 12.8. The summed E-state index contributed by atoms with van der Waals surface area (Å²) in [7, 11) is 0. The molecule has 2 heterocycles. The molecule has 3 atom stereocenters. The third kappa shape index (κ3) is 6.05.